The Kier molecular flexibility index (Phi) is 5.23. The van der Waals surface area contributed by atoms with Crippen LogP contribution in [0, 0.1) is 6.92 Å². The first-order valence-corrected chi connectivity index (χ1v) is 8.43. The summed E-state index contributed by atoms with van der Waals surface area (Å²) in [4.78, 5) is 12.1. The molecule has 0 aliphatic heterocycles. The van der Waals surface area contributed by atoms with Crippen molar-refractivity contribution in [1.29, 1.82) is 0 Å². The average molecular weight is 335 g/mol. The lowest BCUT2D eigenvalue weighted by Gasteiger charge is -2.05. The van der Waals surface area contributed by atoms with Crippen molar-refractivity contribution in [2.75, 3.05) is 5.32 Å². The number of carbonyl (C=O) groups excluding carboxylic acids is 1. The van der Waals surface area contributed by atoms with Gasteiger partial charge in [-0.1, -0.05) is 37.3 Å². The number of benzene rings is 2. The number of nitrogens with zero attached hydrogens (tertiary/aromatic N) is 2. The van der Waals surface area contributed by atoms with Gasteiger partial charge in [0.1, 0.15) is 0 Å². The number of anilines is 1. The summed E-state index contributed by atoms with van der Waals surface area (Å²) in [5.74, 6) is 0.887. The third-order valence-corrected chi connectivity index (χ3v) is 4.05. The molecule has 1 N–H and O–H groups in total. The summed E-state index contributed by atoms with van der Waals surface area (Å²) in [5.41, 5.74) is 4.04. The van der Waals surface area contributed by atoms with E-state index in [4.69, 9.17) is 4.42 Å². The van der Waals surface area contributed by atoms with Crippen LogP contribution in [0.5, 0.6) is 0 Å². The van der Waals surface area contributed by atoms with Crippen LogP contribution in [0.4, 0.5) is 5.69 Å². The monoisotopic (exact) mass is 335 g/mol. The SMILES string of the molecule is CCc1ccc(NC(=O)CCc2nnc(-c3ccccc3C)o2)cc1. The summed E-state index contributed by atoms with van der Waals surface area (Å²) in [6, 6.07) is 15.7. The van der Waals surface area contributed by atoms with E-state index in [-0.39, 0.29) is 5.91 Å². The Balaban J connectivity index is 1.56. The molecule has 0 fully saturated rings. The largest absolute Gasteiger partial charge is 0.421 e. The molecule has 0 aliphatic rings. The maximum absolute atomic E-state index is 12.1. The van der Waals surface area contributed by atoms with Crippen LogP contribution < -0.4 is 5.32 Å². The lowest BCUT2D eigenvalue weighted by Crippen LogP contribution is -2.12. The number of hydrogen-bond donors (Lipinski definition) is 1. The normalized spacial score (nSPS) is 10.6. The van der Waals surface area contributed by atoms with Gasteiger partial charge in [0.15, 0.2) is 0 Å². The first-order chi connectivity index (χ1) is 12.2. The van der Waals surface area contributed by atoms with E-state index in [1.54, 1.807) is 0 Å². The lowest BCUT2D eigenvalue weighted by molar-refractivity contribution is -0.116. The maximum Gasteiger partial charge on any atom is 0.247 e. The second-order valence-electron chi connectivity index (χ2n) is 5.91. The Bertz CT molecular complexity index is 853. The molecule has 25 heavy (non-hydrogen) atoms. The highest BCUT2D eigenvalue weighted by molar-refractivity contribution is 5.90. The molecule has 0 unspecified atom stereocenters. The molecular weight excluding hydrogens is 314 g/mol. The molecule has 0 spiro atoms. The van der Waals surface area contributed by atoms with Crippen LogP contribution in [0.3, 0.4) is 0 Å². The van der Waals surface area contributed by atoms with Gasteiger partial charge in [0.25, 0.3) is 0 Å². The van der Waals surface area contributed by atoms with Crippen LogP contribution in [-0.4, -0.2) is 16.1 Å². The first-order valence-electron chi connectivity index (χ1n) is 8.43. The molecule has 1 aromatic heterocycles. The van der Waals surface area contributed by atoms with Crippen molar-refractivity contribution in [3.63, 3.8) is 0 Å². The highest BCUT2D eigenvalue weighted by Gasteiger charge is 2.12. The Hall–Kier alpha value is -2.95. The van der Waals surface area contributed by atoms with Gasteiger partial charge in [-0.3, -0.25) is 4.79 Å². The van der Waals surface area contributed by atoms with Crippen LogP contribution in [0.25, 0.3) is 11.5 Å². The van der Waals surface area contributed by atoms with Gasteiger partial charge in [-0.25, -0.2) is 0 Å². The molecule has 3 aromatic rings. The summed E-state index contributed by atoms with van der Waals surface area (Å²) in [6.07, 6.45) is 1.69. The van der Waals surface area contributed by atoms with E-state index in [1.165, 1.54) is 5.56 Å². The number of rotatable bonds is 6. The predicted molar refractivity (Wildman–Crippen MR) is 97.2 cm³/mol. The highest BCUT2D eigenvalue weighted by atomic mass is 16.4. The van der Waals surface area contributed by atoms with Crippen molar-refractivity contribution in [3.05, 3.63) is 65.5 Å². The third kappa shape index (κ3) is 4.32. The van der Waals surface area contributed by atoms with E-state index < -0.39 is 0 Å². The zero-order valence-corrected chi connectivity index (χ0v) is 14.5. The Morgan fingerprint density at radius 1 is 1.08 bits per heavy atom. The fraction of sp³-hybridized carbons (Fsp3) is 0.250. The number of aryl methyl sites for hydroxylation is 3. The number of aromatic nitrogens is 2. The minimum absolute atomic E-state index is 0.0695. The summed E-state index contributed by atoms with van der Waals surface area (Å²) in [7, 11) is 0. The maximum atomic E-state index is 12.1. The first kappa shape index (κ1) is 16.9. The van der Waals surface area contributed by atoms with Crippen molar-refractivity contribution in [2.45, 2.75) is 33.1 Å². The standard InChI is InChI=1S/C20H21N3O2/c1-3-15-8-10-16(11-9-15)21-18(24)12-13-19-22-23-20(25-19)17-7-5-4-6-14(17)2/h4-11H,3,12-13H2,1-2H3,(H,21,24). The number of nitrogens with one attached hydrogen (secondary N) is 1. The molecule has 5 nitrogen and oxygen atoms in total. The molecule has 3 rings (SSSR count). The minimum Gasteiger partial charge on any atom is -0.421 e. The molecule has 5 heteroatoms. The van der Waals surface area contributed by atoms with Gasteiger partial charge in [-0.2, -0.15) is 0 Å². The highest BCUT2D eigenvalue weighted by Crippen LogP contribution is 2.21. The summed E-state index contributed by atoms with van der Waals surface area (Å²) >= 11 is 0. The smallest absolute Gasteiger partial charge is 0.247 e. The van der Waals surface area contributed by atoms with Gasteiger partial charge in [-0.05, 0) is 42.7 Å². The van der Waals surface area contributed by atoms with Crippen molar-refractivity contribution >= 4 is 11.6 Å². The van der Waals surface area contributed by atoms with Crippen LogP contribution in [0.2, 0.25) is 0 Å². The molecular formula is C20H21N3O2. The molecule has 1 heterocycles. The number of carbonyl (C=O) groups is 1. The van der Waals surface area contributed by atoms with Gasteiger partial charge in [-0.15, -0.1) is 10.2 Å². The molecule has 0 saturated carbocycles. The van der Waals surface area contributed by atoms with Crippen molar-refractivity contribution in [3.8, 4) is 11.5 Å². The van der Waals surface area contributed by atoms with Crippen LogP contribution in [0.1, 0.15) is 30.4 Å². The fourth-order valence-electron chi connectivity index (χ4n) is 2.54. The summed E-state index contributed by atoms with van der Waals surface area (Å²) in [6.45, 7) is 4.10. The van der Waals surface area contributed by atoms with Crippen LogP contribution in [0.15, 0.2) is 52.9 Å². The number of hydrogen-bond acceptors (Lipinski definition) is 4. The number of amides is 1. The van der Waals surface area contributed by atoms with E-state index in [0.717, 1.165) is 23.2 Å². The van der Waals surface area contributed by atoms with Gasteiger partial charge in [0.05, 0.1) is 0 Å². The lowest BCUT2D eigenvalue weighted by atomic mass is 10.1. The Labute approximate surface area is 147 Å². The molecule has 0 radical (unpaired) electrons. The topological polar surface area (TPSA) is 68.0 Å². The third-order valence-electron chi connectivity index (χ3n) is 4.05. The van der Waals surface area contributed by atoms with Gasteiger partial charge < -0.3 is 9.73 Å². The fourth-order valence-corrected chi connectivity index (χ4v) is 2.54. The molecule has 0 bridgehead atoms. The van der Waals surface area contributed by atoms with Gasteiger partial charge >= 0.3 is 0 Å². The van der Waals surface area contributed by atoms with Crippen molar-refractivity contribution in [2.24, 2.45) is 0 Å². The van der Waals surface area contributed by atoms with Crippen molar-refractivity contribution < 1.29 is 9.21 Å². The molecule has 1 amide bonds. The summed E-state index contributed by atoms with van der Waals surface area (Å²) in [5, 5.41) is 11.0. The molecule has 128 valence electrons. The zero-order valence-electron chi connectivity index (χ0n) is 14.5. The van der Waals surface area contributed by atoms with Crippen LogP contribution in [-0.2, 0) is 17.6 Å². The average Bonchev–Trinajstić information content (AvgIpc) is 3.10. The second-order valence-corrected chi connectivity index (χ2v) is 5.91. The molecule has 0 aliphatic carbocycles. The van der Waals surface area contributed by atoms with Crippen LogP contribution >= 0.6 is 0 Å². The Morgan fingerprint density at radius 3 is 2.56 bits per heavy atom. The second kappa shape index (κ2) is 7.75. The van der Waals surface area contributed by atoms with E-state index in [2.05, 4.69) is 22.4 Å². The molecule has 2 aromatic carbocycles. The molecule has 0 saturated heterocycles. The quantitative estimate of drug-likeness (QED) is 0.734. The van der Waals surface area contributed by atoms with E-state index in [9.17, 15) is 4.79 Å². The minimum atomic E-state index is -0.0695. The van der Waals surface area contributed by atoms with Gasteiger partial charge in [0.2, 0.25) is 17.7 Å². The van der Waals surface area contributed by atoms with E-state index >= 15 is 0 Å². The predicted octanol–water partition coefficient (Wildman–Crippen LogP) is 4.18. The summed E-state index contributed by atoms with van der Waals surface area (Å²) < 4.78 is 5.68. The van der Waals surface area contributed by atoms with E-state index in [1.807, 2.05) is 55.5 Å². The zero-order chi connectivity index (χ0) is 17.6. The molecule has 0 atom stereocenters. The van der Waals surface area contributed by atoms with Crippen molar-refractivity contribution in [1.82, 2.24) is 10.2 Å². The van der Waals surface area contributed by atoms with Gasteiger partial charge in [0, 0.05) is 24.1 Å². The van der Waals surface area contributed by atoms with E-state index in [0.29, 0.717) is 24.6 Å². The Morgan fingerprint density at radius 2 is 1.84 bits per heavy atom.